The second kappa shape index (κ2) is 5.78. The van der Waals surface area contributed by atoms with Crippen LogP contribution >= 0.6 is 0 Å². The summed E-state index contributed by atoms with van der Waals surface area (Å²) in [6.07, 6.45) is 2.80. The molecule has 6 nitrogen and oxygen atoms in total. The van der Waals surface area contributed by atoms with Crippen LogP contribution in [0, 0.1) is 0 Å². The molecule has 0 radical (unpaired) electrons. The van der Waals surface area contributed by atoms with Crippen molar-refractivity contribution in [3.63, 3.8) is 0 Å². The molecule has 0 spiro atoms. The molecule has 0 aliphatic carbocycles. The summed E-state index contributed by atoms with van der Waals surface area (Å²) in [5.41, 5.74) is 1.43. The van der Waals surface area contributed by atoms with Crippen molar-refractivity contribution in [2.45, 2.75) is 18.9 Å². The van der Waals surface area contributed by atoms with Gasteiger partial charge in [0.05, 0.1) is 11.2 Å². The van der Waals surface area contributed by atoms with Gasteiger partial charge in [-0.3, -0.25) is 9.78 Å². The van der Waals surface area contributed by atoms with Crippen LogP contribution in [0.3, 0.4) is 0 Å². The van der Waals surface area contributed by atoms with Gasteiger partial charge in [0, 0.05) is 30.6 Å². The first-order valence-corrected chi connectivity index (χ1v) is 6.90. The van der Waals surface area contributed by atoms with E-state index in [1.807, 2.05) is 30.3 Å². The van der Waals surface area contributed by atoms with E-state index in [9.17, 15) is 9.59 Å². The summed E-state index contributed by atoms with van der Waals surface area (Å²) >= 11 is 0. The highest BCUT2D eigenvalue weighted by Gasteiger charge is 2.19. The Morgan fingerprint density at radius 3 is 2.95 bits per heavy atom. The third-order valence-corrected chi connectivity index (χ3v) is 3.48. The predicted molar refractivity (Wildman–Crippen MR) is 79.9 cm³/mol. The number of hydrogen-bond donors (Lipinski definition) is 3. The number of rotatable bonds is 2. The minimum atomic E-state index is -0.283. The predicted octanol–water partition coefficient (Wildman–Crippen LogP) is 1.63. The molecule has 1 fully saturated rings. The zero-order valence-electron chi connectivity index (χ0n) is 11.4. The number of hydrogen-bond acceptors (Lipinski definition) is 3. The zero-order chi connectivity index (χ0) is 14.7. The van der Waals surface area contributed by atoms with Crippen molar-refractivity contribution in [2.75, 3.05) is 11.9 Å². The van der Waals surface area contributed by atoms with Gasteiger partial charge in [0.25, 0.3) is 0 Å². The van der Waals surface area contributed by atoms with Crippen LogP contribution in [0.4, 0.5) is 10.5 Å². The number of para-hydroxylation sites is 1. The highest BCUT2D eigenvalue weighted by atomic mass is 16.2. The highest BCUT2D eigenvalue weighted by Crippen LogP contribution is 2.20. The summed E-state index contributed by atoms with van der Waals surface area (Å²) < 4.78 is 0. The Kier molecular flexibility index (Phi) is 3.68. The Hall–Kier alpha value is -2.63. The Labute approximate surface area is 121 Å². The molecule has 0 saturated carbocycles. The topological polar surface area (TPSA) is 83.1 Å². The van der Waals surface area contributed by atoms with Crippen molar-refractivity contribution >= 4 is 28.5 Å². The lowest BCUT2D eigenvalue weighted by Gasteiger charge is -2.23. The van der Waals surface area contributed by atoms with Gasteiger partial charge in [-0.05, 0) is 18.6 Å². The molecule has 3 amide bonds. The summed E-state index contributed by atoms with van der Waals surface area (Å²) in [6, 6.07) is 9.12. The molecule has 108 valence electrons. The van der Waals surface area contributed by atoms with E-state index in [2.05, 4.69) is 20.9 Å². The van der Waals surface area contributed by atoms with Crippen molar-refractivity contribution in [3.05, 3.63) is 36.5 Å². The second-order valence-corrected chi connectivity index (χ2v) is 5.02. The molecule has 3 N–H and O–H groups in total. The number of pyridine rings is 1. The maximum absolute atomic E-state index is 12.0. The smallest absolute Gasteiger partial charge is 0.319 e. The van der Waals surface area contributed by atoms with Crippen molar-refractivity contribution in [3.8, 4) is 0 Å². The number of urea groups is 1. The van der Waals surface area contributed by atoms with Gasteiger partial charge in [-0.1, -0.05) is 18.2 Å². The van der Waals surface area contributed by atoms with Gasteiger partial charge >= 0.3 is 6.03 Å². The maximum Gasteiger partial charge on any atom is 0.319 e. The van der Waals surface area contributed by atoms with Crippen LogP contribution in [-0.4, -0.2) is 29.5 Å². The van der Waals surface area contributed by atoms with Gasteiger partial charge in [-0.25, -0.2) is 4.79 Å². The Morgan fingerprint density at radius 2 is 2.14 bits per heavy atom. The molecule has 2 aromatic rings. The summed E-state index contributed by atoms with van der Waals surface area (Å²) in [5.74, 6) is 0.0340. The lowest BCUT2D eigenvalue weighted by Crippen LogP contribution is -2.48. The second-order valence-electron chi connectivity index (χ2n) is 5.02. The number of aromatic nitrogens is 1. The monoisotopic (exact) mass is 284 g/mol. The molecular formula is C15H16N4O2. The molecule has 1 atom stereocenters. The molecule has 21 heavy (non-hydrogen) atoms. The van der Waals surface area contributed by atoms with Gasteiger partial charge in [0.2, 0.25) is 5.91 Å². The molecule has 1 aliphatic rings. The van der Waals surface area contributed by atoms with Crippen molar-refractivity contribution in [1.82, 2.24) is 15.6 Å². The SMILES string of the molecule is O=C1CCC(NC(=O)Nc2cccc3cccnc23)CN1. The Bertz CT molecular complexity index is 671. The van der Waals surface area contributed by atoms with Gasteiger partial charge < -0.3 is 16.0 Å². The standard InChI is InChI=1S/C15H16N4O2/c20-13-7-6-11(9-17-13)18-15(21)19-12-5-1-3-10-4-2-8-16-14(10)12/h1-5,8,11H,6-7,9H2,(H,17,20)(H2,18,19,21). The number of fused-ring (bicyclic) bond motifs is 1. The van der Waals surface area contributed by atoms with E-state index < -0.39 is 0 Å². The fourth-order valence-electron chi connectivity index (χ4n) is 2.40. The van der Waals surface area contributed by atoms with Crippen LogP contribution < -0.4 is 16.0 Å². The number of carbonyl (C=O) groups excluding carboxylic acids is 2. The van der Waals surface area contributed by atoms with Crippen molar-refractivity contribution in [2.24, 2.45) is 0 Å². The first kappa shape index (κ1) is 13.4. The molecule has 1 aromatic carbocycles. The molecule has 2 heterocycles. The van der Waals surface area contributed by atoms with E-state index in [1.54, 1.807) is 6.20 Å². The van der Waals surface area contributed by atoms with Crippen molar-refractivity contribution in [1.29, 1.82) is 0 Å². The highest BCUT2D eigenvalue weighted by molar-refractivity contribution is 5.99. The van der Waals surface area contributed by atoms with E-state index in [-0.39, 0.29) is 18.0 Å². The van der Waals surface area contributed by atoms with E-state index in [0.29, 0.717) is 25.1 Å². The first-order valence-electron chi connectivity index (χ1n) is 6.90. The van der Waals surface area contributed by atoms with Crippen LogP contribution in [0.5, 0.6) is 0 Å². The van der Waals surface area contributed by atoms with Gasteiger partial charge in [0.15, 0.2) is 0 Å². The number of nitrogens with one attached hydrogen (secondary N) is 3. The summed E-state index contributed by atoms with van der Waals surface area (Å²) in [7, 11) is 0. The maximum atomic E-state index is 12.0. The zero-order valence-corrected chi connectivity index (χ0v) is 11.4. The van der Waals surface area contributed by atoms with Crippen molar-refractivity contribution < 1.29 is 9.59 Å². The average Bonchev–Trinajstić information content (AvgIpc) is 2.50. The third-order valence-electron chi connectivity index (χ3n) is 3.48. The van der Waals surface area contributed by atoms with Crippen LogP contribution in [0.2, 0.25) is 0 Å². The lowest BCUT2D eigenvalue weighted by molar-refractivity contribution is -0.122. The van der Waals surface area contributed by atoms with Crippen LogP contribution in [0.25, 0.3) is 10.9 Å². The number of amides is 3. The molecule has 3 rings (SSSR count). The van der Waals surface area contributed by atoms with Gasteiger partial charge in [0.1, 0.15) is 0 Å². The fraction of sp³-hybridized carbons (Fsp3) is 0.267. The summed E-state index contributed by atoms with van der Waals surface area (Å²) in [5, 5.41) is 9.39. The van der Waals surface area contributed by atoms with E-state index >= 15 is 0 Å². The van der Waals surface area contributed by atoms with Crippen LogP contribution in [-0.2, 0) is 4.79 Å². The van der Waals surface area contributed by atoms with E-state index in [4.69, 9.17) is 0 Å². The number of benzene rings is 1. The molecule has 1 aromatic heterocycles. The number of carbonyl (C=O) groups is 2. The van der Waals surface area contributed by atoms with E-state index in [0.717, 1.165) is 10.9 Å². The number of piperidine rings is 1. The number of nitrogens with zero attached hydrogens (tertiary/aromatic N) is 1. The average molecular weight is 284 g/mol. The molecule has 0 bridgehead atoms. The third kappa shape index (κ3) is 3.10. The quantitative estimate of drug-likeness (QED) is 0.784. The molecule has 6 heteroatoms. The molecule has 1 saturated heterocycles. The number of anilines is 1. The first-order chi connectivity index (χ1) is 10.2. The molecule has 1 aliphatic heterocycles. The van der Waals surface area contributed by atoms with E-state index in [1.165, 1.54) is 0 Å². The Balaban J connectivity index is 1.67. The minimum absolute atomic E-state index is 0.0340. The summed E-state index contributed by atoms with van der Waals surface area (Å²) in [6.45, 7) is 0.472. The van der Waals surface area contributed by atoms with Gasteiger partial charge in [-0.15, -0.1) is 0 Å². The minimum Gasteiger partial charge on any atom is -0.354 e. The Morgan fingerprint density at radius 1 is 1.29 bits per heavy atom. The van der Waals surface area contributed by atoms with Crippen LogP contribution in [0.15, 0.2) is 36.5 Å². The van der Waals surface area contributed by atoms with Crippen LogP contribution in [0.1, 0.15) is 12.8 Å². The van der Waals surface area contributed by atoms with Gasteiger partial charge in [-0.2, -0.15) is 0 Å². The fourth-order valence-corrected chi connectivity index (χ4v) is 2.40. The summed E-state index contributed by atoms with van der Waals surface area (Å²) in [4.78, 5) is 27.4. The molecular weight excluding hydrogens is 268 g/mol. The normalized spacial score (nSPS) is 18.1. The largest absolute Gasteiger partial charge is 0.354 e. The molecule has 1 unspecified atom stereocenters. The lowest BCUT2D eigenvalue weighted by atomic mass is 10.1.